The number of aliphatic hydroxyl groups excluding tert-OH is 2. The second-order valence-electron chi connectivity index (χ2n) is 23.0. The third-order valence-corrected chi connectivity index (χ3v) is 18.2. The molecular formula is C54H86F3N5O14S. The number of esters is 1. The van der Waals surface area contributed by atoms with Gasteiger partial charge in [-0.15, -0.1) is 0 Å². The zero-order chi connectivity index (χ0) is 57.1. The van der Waals surface area contributed by atoms with E-state index in [2.05, 4.69) is 19.9 Å². The molecule has 10 unspecified atom stereocenters. The molecule has 19 nitrogen and oxygen atoms in total. The van der Waals surface area contributed by atoms with Crippen molar-refractivity contribution < 1.29 is 80.3 Å². The Bertz CT molecular complexity index is 2320. The number of piperidine rings is 1. The van der Waals surface area contributed by atoms with Crippen LogP contribution in [0.5, 0.6) is 0 Å². The third-order valence-electron chi connectivity index (χ3n) is 16.6. The maximum absolute atomic E-state index is 14.7. The lowest BCUT2D eigenvalue weighted by atomic mass is 9.74. The average molecular weight is 1120 g/mol. The topological polar surface area (TPSA) is 251 Å². The number of β-amino-alcohol motifs (C(OH)–C–C–N with tert-alkyl or cyclic N) is 1. The number of alkyl halides is 3. The van der Waals surface area contributed by atoms with E-state index in [1.165, 1.54) is 33.4 Å². The smallest absolute Gasteiger partial charge is 0.416 e. The number of benzene rings is 1. The normalized spacial score (nSPS) is 39.8. The fourth-order valence-electron chi connectivity index (χ4n) is 11.9. The van der Waals surface area contributed by atoms with E-state index in [1.54, 1.807) is 60.6 Å². The summed E-state index contributed by atoms with van der Waals surface area (Å²) in [7, 11) is -3.21. The molecule has 4 aliphatic heterocycles. The Hall–Kier alpha value is -3.14. The van der Waals surface area contributed by atoms with Gasteiger partial charge in [-0.2, -0.15) is 25.9 Å². The van der Waals surface area contributed by atoms with Crippen molar-refractivity contribution in [3.8, 4) is 0 Å². The van der Waals surface area contributed by atoms with E-state index >= 15 is 0 Å². The number of halogens is 3. The number of rotatable bonds is 14. The molecule has 7 N–H and O–H groups in total. The first-order valence-electron chi connectivity index (χ1n) is 27.1. The van der Waals surface area contributed by atoms with E-state index in [-0.39, 0.29) is 56.9 Å². The fourth-order valence-corrected chi connectivity index (χ4v) is 13.4. The van der Waals surface area contributed by atoms with Crippen molar-refractivity contribution in [2.45, 2.75) is 217 Å². The number of aromatic nitrogens is 1. The summed E-state index contributed by atoms with van der Waals surface area (Å²) in [5.41, 5.74) is -7.32. The molecule has 0 spiro atoms. The molecule has 438 valence electrons. The second kappa shape index (κ2) is 25.3. The second-order valence-corrected chi connectivity index (χ2v) is 24.6. The Morgan fingerprint density at radius 1 is 0.948 bits per heavy atom. The average Bonchev–Trinajstić information content (AvgIpc) is 3.36. The predicted octanol–water partition coefficient (Wildman–Crippen LogP) is 5.13. The number of hydrogen-bond acceptors (Lipinski definition) is 17. The Morgan fingerprint density at radius 2 is 1.61 bits per heavy atom. The molecule has 0 amide bonds. The van der Waals surface area contributed by atoms with E-state index in [0.29, 0.717) is 5.56 Å². The van der Waals surface area contributed by atoms with Crippen LogP contribution in [-0.2, 0) is 56.1 Å². The zero-order valence-electron chi connectivity index (χ0n) is 46.5. The summed E-state index contributed by atoms with van der Waals surface area (Å²) in [5, 5.41) is 64.7. The first kappa shape index (κ1) is 63.0. The van der Waals surface area contributed by atoms with Crippen LogP contribution < -0.4 is 10.0 Å². The minimum atomic E-state index is -4.71. The van der Waals surface area contributed by atoms with Gasteiger partial charge in [0.2, 0.25) is 0 Å². The number of pyridine rings is 1. The van der Waals surface area contributed by atoms with Crippen LogP contribution in [-0.4, -0.2) is 177 Å². The summed E-state index contributed by atoms with van der Waals surface area (Å²) in [5.74, 6) is -3.47. The summed E-state index contributed by atoms with van der Waals surface area (Å²) < 4.78 is 112. The standard InChI is InChI=1S/C54H86F3N5O14S/c1-12-42-52(10,67)46(64)36(6)59-28-32(2)26-50(8,66)47(34(4)45(35(5)48(65)74-42)75-43-27-51(9,71-11)53(68,37(7)73-43)31-61-23-14-13-15-24-61)76-49-44(63)41(25-33(3)72-49)62(30-38-17-16-22-58-29-38)77(69,70)60-40-20-18-39(19-21-40)54(55,56)57/h16-22,29,32-37,41-47,49,59-60,63-64,66-68H,12-15,23-28,30-31H2,1-11H3/t32?,33-,34?,35?,36?,37+,41+,42?,43+,44-,45?,46?,47?,49+,50?,51-,52?,53+/m1/s1. The van der Waals surface area contributed by atoms with E-state index < -0.39 is 130 Å². The Kier molecular flexibility index (Phi) is 20.7. The van der Waals surface area contributed by atoms with Crippen LogP contribution in [0, 0.1) is 17.8 Å². The van der Waals surface area contributed by atoms with E-state index in [4.69, 9.17) is 28.4 Å². The highest BCUT2D eigenvalue weighted by Gasteiger charge is 2.59. The number of ether oxygens (including phenoxy) is 6. The van der Waals surface area contributed by atoms with Crippen LogP contribution in [0.3, 0.4) is 0 Å². The van der Waals surface area contributed by atoms with Gasteiger partial charge >= 0.3 is 22.4 Å². The number of nitrogens with one attached hydrogen (secondary N) is 2. The van der Waals surface area contributed by atoms with Crippen LogP contribution in [0.25, 0.3) is 0 Å². The monoisotopic (exact) mass is 1120 g/mol. The Balaban J connectivity index is 1.41. The van der Waals surface area contributed by atoms with Crippen molar-refractivity contribution >= 4 is 21.9 Å². The molecule has 4 fully saturated rings. The molecule has 0 aliphatic carbocycles. The number of methoxy groups -OCH3 is 1. The molecular weight excluding hydrogens is 1030 g/mol. The van der Waals surface area contributed by atoms with Crippen LogP contribution >= 0.6 is 0 Å². The summed E-state index contributed by atoms with van der Waals surface area (Å²) in [6.45, 7) is 18.3. The molecule has 1 aromatic heterocycles. The maximum atomic E-state index is 14.7. The molecule has 4 aliphatic rings. The van der Waals surface area contributed by atoms with Gasteiger partial charge in [0.15, 0.2) is 12.6 Å². The van der Waals surface area contributed by atoms with Crippen LogP contribution in [0.2, 0.25) is 0 Å². The van der Waals surface area contributed by atoms with Gasteiger partial charge < -0.3 is 64.2 Å². The van der Waals surface area contributed by atoms with Gasteiger partial charge in [0.1, 0.15) is 35.1 Å². The maximum Gasteiger partial charge on any atom is 0.416 e. The van der Waals surface area contributed by atoms with Gasteiger partial charge in [-0.25, -0.2) is 0 Å². The number of likely N-dealkylation sites (tertiary alicyclic amines) is 1. The van der Waals surface area contributed by atoms with Crippen LogP contribution in [0.15, 0.2) is 48.8 Å². The number of cyclic esters (lactones) is 1. The van der Waals surface area contributed by atoms with Crippen LogP contribution in [0.4, 0.5) is 18.9 Å². The molecule has 0 saturated carbocycles. The molecule has 77 heavy (non-hydrogen) atoms. The minimum Gasteiger partial charge on any atom is -0.459 e. The SMILES string of the molecule is CCC1OC(=O)C(C)C(O[C@H]2C[C@@](C)(OC)[C@](O)(CN3CCCCC3)[C@H](C)O2)C(C)C(O[C@@H]2O[C@H](C)C[C@H](N(Cc3cccnc3)S(=O)(=O)Nc3ccc(C(F)(F)F)cc3)[C@H]2O)C(C)(O)CC(C)CNC(C)C(O)C1(C)O. The summed E-state index contributed by atoms with van der Waals surface area (Å²) in [6.07, 6.45) is -10.3. The predicted molar refractivity (Wildman–Crippen MR) is 279 cm³/mol. The van der Waals surface area contributed by atoms with Crippen molar-refractivity contribution in [1.82, 2.24) is 19.5 Å². The largest absolute Gasteiger partial charge is 0.459 e. The van der Waals surface area contributed by atoms with Crippen molar-refractivity contribution in [3.05, 3.63) is 59.9 Å². The molecule has 5 heterocycles. The minimum absolute atomic E-state index is 0.0000541. The van der Waals surface area contributed by atoms with Crippen molar-refractivity contribution in [3.63, 3.8) is 0 Å². The quantitative estimate of drug-likeness (QED) is 0.121. The number of anilines is 1. The number of aliphatic hydroxyl groups is 5. The summed E-state index contributed by atoms with van der Waals surface area (Å²) >= 11 is 0. The number of nitrogens with zero attached hydrogens (tertiary/aromatic N) is 3. The first-order valence-corrected chi connectivity index (χ1v) is 28.5. The molecule has 18 atom stereocenters. The lowest BCUT2D eigenvalue weighted by Gasteiger charge is -2.55. The van der Waals surface area contributed by atoms with Gasteiger partial charge in [-0.1, -0.05) is 33.3 Å². The van der Waals surface area contributed by atoms with E-state index in [1.807, 2.05) is 6.92 Å². The molecule has 1 aromatic carbocycles. The van der Waals surface area contributed by atoms with Gasteiger partial charge in [0.25, 0.3) is 0 Å². The highest BCUT2D eigenvalue weighted by molar-refractivity contribution is 7.90. The highest BCUT2D eigenvalue weighted by Crippen LogP contribution is 2.44. The van der Waals surface area contributed by atoms with Crippen molar-refractivity contribution in [2.75, 3.05) is 38.0 Å². The van der Waals surface area contributed by atoms with Crippen molar-refractivity contribution in [1.29, 1.82) is 0 Å². The summed E-state index contributed by atoms with van der Waals surface area (Å²) in [4.78, 5) is 21.0. The Labute approximate surface area is 452 Å². The first-order chi connectivity index (χ1) is 35.9. The fraction of sp³-hybridized carbons (Fsp3) is 0.778. The van der Waals surface area contributed by atoms with E-state index in [0.717, 1.165) is 60.9 Å². The number of hydrogen-bond donors (Lipinski definition) is 7. The van der Waals surface area contributed by atoms with Gasteiger partial charge in [-0.05, 0) is 142 Å². The molecule has 23 heteroatoms. The summed E-state index contributed by atoms with van der Waals surface area (Å²) in [6, 6.07) is 4.64. The Morgan fingerprint density at radius 3 is 2.21 bits per heavy atom. The van der Waals surface area contributed by atoms with Gasteiger partial charge in [-0.3, -0.25) is 14.5 Å². The molecule has 6 rings (SSSR count). The third kappa shape index (κ3) is 14.7. The molecule has 4 saturated heterocycles. The molecule has 0 radical (unpaired) electrons. The van der Waals surface area contributed by atoms with Gasteiger partial charge in [0.05, 0.1) is 47.5 Å². The van der Waals surface area contributed by atoms with Gasteiger partial charge in [0, 0.05) is 56.7 Å². The number of carbonyl (C=O) groups excluding carboxylic acids is 1. The number of carbonyl (C=O) groups is 1. The molecule has 0 bridgehead atoms. The zero-order valence-corrected chi connectivity index (χ0v) is 47.3. The lowest BCUT2D eigenvalue weighted by Crippen LogP contribution is -2.70. The highest BCUT2D eigenvalue weighted by atomic mass is 32.2. The van der Waals surface area contributed by atoms with Crippen molar-refractivity contribution in [2.24, 2.45) is 17.8 Å². The van der Waals surface area contributed by atoms with Crippen LogP contribution in [0.1, 0.15) is 125 Å². The lowest BCUT2D eigenvalue weighted by molar-refractivity contribution is -0.339. The molecule has 2 aromatic rings. The van der Waals surface area contributed by atoms with E-state index in [9.17, 15) is 51.9 Å².